The first-order chi connectivity index (χ1) is 9.25. The van der Waals surface area contributed by atoms with Gasteiger partial charge in [-0.05, 0) is 18.4 Å². The molecule has 116 valence electrons. The Morgan fingerprint density at radius 1 is 1.43 bits per heavy atom. The Bertz CT molecular complexity index is 574. The molecule has 2 aromatic rings. The van der Waals surface area contributed by atoms with Gasteiger partial charge in [0.25, 0.3) is 5.91 Å². The number of hydrogen-bond donors (Lipinski definition) is 1. The van der Waals surface area contributed by atoms with Crippen molar-refractivity contribution in [1.82, 2.24) is 15.2 Å². The van der Waals surface area contributed by atoms with E-state index in [0.29, 0.717) is 5.69 Å². The third-order valence-corrected chi connectivity index (χ3v) is 5.10. The Kier molecular flexibility index (Phi) is 7.09. The van der Waals surface area contributed by atoms with Gasteiger partial charge < -0.3 is 10.2 Å². The van der Waals surface area contributed by atoms with Crippen LogP contribution in [0.1, 0.15) is 17.4 Å². The van der Waals surface area contributed by atoms with E-state index in [1.807, 2.05) is 27.8 Å². The molecule has 0 aliphatic carbocycles. The maximum atomic E-state index is 12.4. The van der Waals surface area contributed by atoms with E-state index in [4.69, 9.17) is 0 Å². The molecule has 2 aromatic heterocycles. The lowest BCUT2D eigenvalue weighted by molar-refractivity contribution is 0.0650. The number of thiophene rings is 1. The molecule has 8 heteroatoms. The van der Waals surface area contributed by atoms with Crippen LogP contribution in [0, 0.1) is 0 Å². The average Bonchev–Trinajstić information content (AvgIpc) is 3.09. The summed E-state index contributed by atoms with van der Waals surface area (Å²) in [4.78, 5) is 19.9. The molecule has 1 fully saturated rings. The first kappa shape index (κ1) is 18.4. The van der Waals surface area contributed by atoms with Gasteiger partial charge in [0.2, 0.25) is 0 Å². The number of carbonyl (C=O) groups is 1. The van der Waals surface area contributed by atoms with Crippen LogP contribution in [0.5, 0.6) is 0 Å². The molecule has 0 radical (unpaired) electrons. The van der Waals surface area contributed by atoms with E-state index < -0.39 is 0 Å². The summed E-state index contributed by atoms with van der Waals surface area (Å²) in [5.74, 6) is 0.0491. The highest BCUT2D eigenvalue weighted by Crippen LogP contribution is 2.28. The van der Waals surface area contributed by atoms with Crippen LogP contribution < -0.4 is 5.32 Å². The molecule has 1 amide bonds. The molecule has 1 aliphatic rings. The van der Waals surface area contributed by atoms with Crippen molar-refractivity contribution in [1.29, 1.82) is 0 Å². The second kappa shape index (κ2) is 8.10. The second-order valence-electron chi connectivity index (χ2n) is 4.57. The van der Waals surface area contributed by atoms with Crippen molar-refractivity contribution in [2.24, 2.45) is 0 Å². The highest BCUT2D eigenvalue weighted by molar-refractivity contribution is 7.20. The van der Waals surface area contributed by atoms with E-state index in [-0.39, 0.29) is 36.8 Å². The molecule has 3 rings (SSSR count). The number of hydrogen-bond acceptors (Lipinski definition) is 5. The lowest BCUT2D eigenvalue weighted by Gasteiger charge is -2.33. The van der Waals surface area contributed by atoms with E-state index in [0.717, 1.165) is 29.5 Å². The smallest absolute Gasteiger partial charge is 0.273 e. The van der Waals surface area contributed by atoms with Crippen molar-refractivity contribution in [3.8, 4) is 9.88 Å². The highest BCUT2D eigenvalue weighted by Gasteiger charge is 2.25. The van der Waals surface area contributed by atoms with Crippen molar-refractivity contribution in [3.05, 3.63) is 28.6 Å². The minimum atomic E-state index is 0. The summed E-state index contributed by atoms with van der Waals surface area (Å²) in [5, 5.41) is 8.11. The van der Waals surface area contributed by atoms with Gasteiger partial charge in [0.15, 0.2) is 0 Å². The predicted molar refractivity (Wildman–Crippen MR) is 93.3 cm³/mol. The van der Waals surface area contributed by atoms with Gasteiger partial charge >= 0.3 is 0 Å². The van der Waals surface area contributed by atoms with Gasteiger partial charge in [0, 0.05) is 31.1 Å². The van der Waals surface area contributed by atoms with Gasteiger partial charge in [0.1, 0.15) is 10.7 Å². The fraction of sp³-hybridized carbons (Fsp3) is 0.385. The number of amides is 1. The monoisotopic (exact) mass is 365 g/mol. The Morgan fingerprint density at radius 2 is 2.24 bits per heavy atom. The van der Waals surface area contributed by atoms with Gasteiger partial charge in [-0.1, -0.05) is 6.07 Å². The van der Waals surface area contributed by atoms with Gasteiger partial charge in [-0.2, -0.15) is 0 Å². The van der Waals surface area contributed by atoms with Gasteiger partial charge in [-0.15, -0.1) is 47.5 Å². The van der Waals surface area contributed by atoms with Crippen LogP contribution >= 0.6 is 47.5 Å². The Labute approximate surface area is 144 Å². The zero-order valence-corrected chi connectivity index (χ0v) is 14.7. The number of rotatable bonds is 2. The van der Waals surface area contributed by atoms with Crippen molar-refractivity contribution in [2.75, 3.05) is 19.6 Å². The molecule has 21 heavy (non-hydrogen) atoms. The Balaban J connectivity index is 0.00000110. The van der Waals surface area contributed by atoms with Crippen LogP contribution in [0.25, 0.3) is 9.88 Å². The minimum Gasteiger partial charge on any atom is -0.332 e. The predicted octanol–water partition coefficient (Wildman–Crippen LogP) is 3.15. The van der Waals surface area contributed by atoms with Crippen molar-refractivity contribution < 1.29 is 4.79 Å². The summed E-state index contributed by atoms with van der Waals surface area (Å²) in [7, 11) is 0. The molecular weight excluding hydrogens is 349 g/mol. The fourth-order valence-corrected chi connectivity index (χ4v) is 3.78. The standard InChI is InChI=1S/C13H15N3OS2.2ClH/c1-9-7-14-4-5-16(9)13(17)10-8-19-12(15-10)11-3-2-6-18-11;;/h2-3,6,8-9,14H,4-5,7H2,1H3;2*1H. The van der Waals surface area contributed by atoms with Crippen LogP contribution in [0.15, 0.2) is 22.9 Å². The maximum Gasteiger partial charge on any atom is 0.273 e. The van der Waals surface area contributed by atoms with Gasteiger partial charge in [-0.3, -0.25) is 4.79 Å². The van der Waals surface area contributed by atoms with E-state index in [1.54, 1.807) is 11.3 Å². The van der Waals surface area contributed by atoms with Crippen LogP contribution in [0.3, 0.4) is 0 Å². The normalized spacial score (nSPS) is 17.8. The number of piperazine rings is 1. The SMILES string of the molecule is CC1CNCCN1C(=O)c1csc(-c2cccs2)n1.Cl.Cl. The molecule has 1 saturated heterocycles. The van der Waals surface area contributed by atoms with Crippen molar-refractivity contribution >= 4 is 53.4 Å². The highest BCUT2D eigenvalue weighted by atomic mass is 35.5. The van der Waals surface area contributed by atoms with Crippen LogP contribution in [-0.2, 0) is 0 Å². The molecule has 4 nitrogen and oxygen atoms in total. The summed E-state index contributed by atoms with van der Waals surface area (Å²) in [6.07, 6.45) is 0. The molecule has 0 spiro atoms. The van der Waals surface area contributed by atoms with Gasteiger partial charge in [0.05, 0.1) is 4.88 Å². The molecule has 1 N–H and O–H groups in total. The third-order valence-electron chi connectivity index (χ3n) is 3.22. The molecule has 1 unspecified atom stereocenters. The Morgan fingerprint density at radius 3 is 2.90 bits per heavy atom. The van der Waals surface area contributed by atoms with E-state index in [1.165, 1.54) is 11.3 Å². The lowest BCUT2D eigenvalue weighted by atomic mass is 10.2. The van der Waals surface area contributed by atoms with Crippen molar-refractivity contribution in [3.63, 3.8) is 0 Å². The lowest BCUT2D eigenvalue weighted by Crippen LogP contribution is -2.52. The molecule has 0 saturated carbocycles. The number of aromatic nitrogens is 1. The summed E-state index contributed by atoms with van der Waals surface area (Å²) in [5.41, 5.74) is 0.571. The van der Waals surface area contributed by atoms with E-state index in [2.05, 4.69) is 17.2 Å². The summed E-state index contributed by atoms with van der Waals surface area (Å²) in [6.45, 7) is 4.54. The maximum absolute atomic E-state index is 12.4. The molecular formula is C13H17Cl2N3OS2. The quantitative estimate of drug-likeness (QED) is 0.888. The molecule has 3 heterocycles. The zero-order chi connectivity index (χ0) is 13.2. The fourth-order valence-electron chi connectivity index (χ4n) is 2.18. The number of halogens is 2. The molecule has 0 bridgehead atoms. The number of thiazole rings is 1. The largest absolute Gasteiger partial charge is 0.332 e. The number of nitrogens with one attached hydrogen (secondary N) is 1. The molecule has 1 aliphatic heterocycles. The van der Waals surface area contributed by atoms with Crippen LogP contribution in [-0.4, -0.2) is 41.5 Å². The number of carbonyl (C=O) groups excluding carboxylic acids is 1. The number of nitrogens with zero attached hydrogens (tertiary/aromatic N) is 2. The first-order valence-corrected chi connectivity index (χ1v) is 8.03. The van der Waals surface area contributed by atoms with Gasteiger partial charge in [-0.25, -0.2) is 4.98 Å². The van der Waals surface area contributed by atoms with Crippen molar-refractivity contribution in [2.45, 2.75) is 13.0 Å². The minimum absolute atomic E-state index is 0. The van der Waals surface area contributed by atoms with E-state index in [9.17, 15) is 4.79 Å². The molecule has 0 aromatic carbocycles. The molecule has 1 atom stereocenters. The second-order valence-corrected chi connectivity index (χ2v) is 6.37. The van der Waals surface area contributed by atoms with E-state index >= 15 is 0 Å². The third kappa shape index (κ3) is 3.96. The summed E-state index contributed by atoms with van der Waals surface area (Å²) < 4.78 is 0. The van der Waals surface area contributed by atoms with Crippen LogP contribution in [0.2, 0.25) is 0 Å². The zero-order valence-electron chi connectivity index (χ0n) is 11.4. The van der Waals surface area contributed by atoms with Crippen LogP contribution in [0.4, 0.5) is 0 Å². The summed E-state index contributed by atoms with van der Waals surface area (Å²) >= 11 is 3.19. The summed E-state index contributed by atoms with van der Waals surface area (Å²) in [6, 6.07) is 4.26. The first-order valence-electron chi connectivity index (χ1n) is 6.27. The average molecular weight is 366 g/mol. The topological polar surface area (TPSA) is 45.2 Å². The Hall–Kier alpha value is -0.660.